The third-order valence-corrected chi connectivity index (χ3v) is 4.78. The average Bonchev–Trinajstić information content (AvgIpc) is 3.14. The van der Waals surface area contributed by atoms with Gasteiger partial charge in [0.25, 0.3) is 0 Å². The molecule has 5 atom stereocenters. The van der Waals surface area contributed by atoms with Gasteiger partial charge in [-0.05, 0) is 19.3 Å². The topological polar surface area (TPSA) is 159 Å². The number of hydrogen-bond acceptors (Lipinski definition) is 8. The average molecular weight is 388 g/mol. The maximum Gasteiger partial charge on any atom is 0.242 e. The highest BCUT2D eigenvalue weighted by atomic mass is 16.6. The van der Waals surface area contributed by atoms with Crippen molar-refractivity contribution in [1.82, 2.24) is 14.5 Å². The number of rotatable bonds is 5. The van der Waals surface area contributed by atoms with Crippen molar-refractivity contribution in [2.24, 2.45) is 11.7 Å². The lowest BCUT2D eigenvalue weighted by Crippen LogP contribution is -2.37. The number of nitriles is 1. The van der Waals surface area contributed by atoms with Crippen molar-refractivity contribution in [2.45, 2.75) is 57.8 Å². The number of carbonyl (C=O) groups is 1. The van der Waals surface area contributed by atoms with Crippen molar-refractivity contribution in [3.63, 3.8) is 0 Å². The molecular formula is C18H24N6O4. The molecule has 0 bridgehead atoms. The summed E-state index contributed by atoms with van der Waals surface area (Å²) in [6, 6.07) is 1.33. The summed E-state index contributed by atoms with van der Waals surface area (Å²) in [6.07, 6.45) is -0.557. The van der Waals surface area contributed by atoms with Gasteiger partial charge in [-0.1, -0.05) is 13.8 Å². The van der Waals surface area contributed by atoms with Gasteiger partial charge in [-0.3, -0.25) is 4.79 Å². The molecular weight excluding hydrogens is 364 g/mol. The van der Waals surface area contributed by atoms with E-state index in [4.69, 9.17) is 10.5 Å². The number of ether oxygens (including phenoxy) is 1. The second-order valence-corrected chi connectivity index (χ2v) is 7.42. The van der Waals surface area contributed by atoms with E-state index >= 15 is 0 Å². The zero-order chi connectivity index (χ0) is 20.6. The lowest BCUT2D eigenvalue weighted by molar-refractivity contribution is -0.117. The molecule has 0 aromatic carbocycles. The molecule has 0 saturated carbocycles. The van der Waals surface area contributed by atoms with E-state index in [1.807, 2.05) is 19.9 Å². The molecule has 5 N–H and O–H groups in total. The Morgan fingerprint density at radius 3 is 2.71 bits per heavy atom. The first kappa shape index (κ1) is 20.2. The van der Waals surface area contributed by atoms with Crippen LogP contribution in [-0.2, 0) is 9.53 Å². The van der Waals surface area contributed by atoms with Crippen molar-refractivity contribution in [3.05, 3.63) is 18.1 Å². The van der Waals surface area contributed by atoms with Crippen molar-refractivity contribution >= 4 is 22.8 Å². The highest BCUT2D eigenvalue weighted by molar-refractivity contribution is 6.02. The van der Waals surface area contributed by atoms with Crippen LogP contribution in [0, 0.1) is 17.2 Å². The summed E-state index contributed by atoms with van der Waals surface area (Å²) >= 11 is 0. The number of carbonyl (C=O) groups excluding carboxylic acids is 1. The van der Waals surface area contributed by atoms with Crippen LogP contribution in [-0.4, -0.2) is 55.0 Å². The van der Waals surface area contributed by atoms with Crippen LogP contribution in [0.15, 0.2) is 12.5 Å². The van der Waals surface area contributed by atoms with E-state index in [0.29, 0.717) is 17.5 Å². The number of anilines is 1. The Balaban J connectivity index is 2.00. The van der Waals surface area contributed by atoms with E-state index in [0.717, 1.165) is 0 Å². The molecule has 0 aliphatic carbocycles. The van der Waals surface area contributed by atoms with Gasteiger partial charge in [-0.2, -0.15) is 5.26 Å². The van der Waals surface area contributed by atoms with Gasteiger partial charge in [-0.25, -0.2) is 9.97 Å². The van der Waals surface area contributed by atoms with Crippen LogP contribution in [0.3, 0.4) is 0 Å². The molecule has 2 aromatic heterocycles. The van der Waals surface area contributed by atoms with E-state index in [1.54, 1.807) is 6.92 Å². The van der Waals surface area contributed by atoms with Crippen LogP contribution < -0.4 is 11.1 Å². The van der Waals surface area contributed by atoms with Gasteiger partial charge in [0, 0.05) is 6.20 Å². The molecule has 1 aliphatic heterocycles. The summed E-state index contributed by atoms with van der Waals surface area (Å²) in [5.74, 6) is -0.00605. The predicted octanol–water partition coefficient (Wildman–Crippen LogP) is 0.254. The van der Waals surface area contributed by atoms with E-state index in [2.05, 4.69) is 15.3 Å². The van der Waals surface area contributed by atoms with Crippen LogP contribution in [0.4, 0.5) is 5.82 Å². The molecule has 2 aromatic rings. The molecule has 3 rings (SSSR count). The maximum atomic E-state index is 12.4. The maximum absolute atomic E-state index is 12.4. The van der Waals surface area contributed by atoms with Crippen molar-refractivity contribution in [2.75, 3.05) is 5.32 Å². The van der Waals surface area contributed by atoms with Crippen molar-refractivity contribution < 1.29 is 19.7 Å². The Morgan fingerprint density at radius 1 is 1.43 bits per heavy atom. The van der Waals surface area contributed by atoms with Crippen LogP contribution in [0.2, 0.25) is 0 Å². The zero-order valence-corrected chi connectivity index (χ0v) is 15.9. The molecule has 10 nitrogen and oxygen atoms in total. The number of hydrogen-bond donors (Lipinski definition) is 4. The van der Waals surface area contributed by atoms with Crippen molar-refractivity contribution in [3.8, 4) is 6.07 Å². The molecule has 1 aliphatic rings. The fourth-order valence-corrected chi connectivity index (χ4v) is 3.34. The molecule has 1 fully saturated rings. The number of aliphatic hydroxyl groups is 2. The number of nitrogens with zero attached hydrogens (tertiary/aromatic N) is 4. The largest absolute Gasteiger partial charge is 0.388 e. The van der Waals surface area contributed by atoms with E-state index < -0.39 is 36.5 Å². The SMILES string of the molecule is CC(C)CC(N)C(=O)Nc1ncnc2c1c(C#N)cn2C1OC(C)C(O)C1O. The van der Waals surface area contributed by atoms with E-state index in [-0.39, 0.29) is 17.3 Å². The lowest BCUT2D eigenvalue weighted by Gasteiger charge is -2.17. The Morgan fingerprint density at radius 2 is 2.14 bits per heavy atom. The third-order valence-electron chi connectivity index (χ3n) is 4.78. The Hall–Kier alpha value is -2.58. The number of aliphatic hydroxyl groups excluding tert-OH is 2. The fraction of sp³-hybridized carbons (Fsp3) is 0.556. The molecule has 28 heavy (non-hydrogen) atoms. The highest BCUT2D eigenvalue weighted by Crippen LogP contribution is 2.34. The standard InChI is InChI=1S/C18H24N6O4/c1-8(2)4-11(20)17(27)23-15-12-10(5-19)6-24(16(12)22-7-21-15)18-14(26)13(25)9(3)28-18/h6-9,11,13-14,18,25-26H,4,20H2,1-3H3,(H,21,22,23,27). The summed E-state index contributed by atoms with van der Waals surface area (Å²) in [6.45, 7) is 5.57. The van der Waals surface area contributed by atoms with Crippen LogP contribution >= 0.6 is 0 Å². The van der Waals surface area contributed by atoms with Gasteiger partial charge >= 0.3 is 0 Å². The summed E-state index contributed by atoms with van der Waals surface area (Å²) in [4.78, 5) is 20.7. The smallest absolute Gasteiger partial charge is 0.242 e. The Bertz CT molecular complexity index is 921. The van der Waals surface area contributed by atoms with Gasteiger partial charge in [0.05, 0.1) is 23.1 Å². The number of fused-ring (bicyclic) bond motifs is 1. The quantitative estimate of drug-likeness (QED) is 0.567. The van der Waals surface area contributed by atoms with Gasteiger partial charge < -0.3 is 30.6 Å². The first-order valence-electron chi connectivity index (χ1n) is 9.08. The highest BCUT2D eigenvalue weighted by Gasteiger charge is 2.42. The molecule has 10 heteroatoms. The summed E-state index contributed by atoms with van der Waals surface area (Å²) in [5.41, 5.74) is 6.43. The Kier molecular flexibility index (Phi) is 5.62. The first-order valence-corrected chi connectivity index (χ1v) is 9.08. The minimum Gasteiger partial charge on any atom is -0.388 e. The molecule has 150 valence electrons. The Labute approximate surface area is 161 Å². The molecule has 1 amide bonds. The minimum atomic E-state index is -1.19. The molecule has 3 heterocycles. The van der Waals surface area contributed by atoms with E-state index in [1.165, 1.54) is 17.1 Å². The molecule has 1 saturated heterocycles. The summed E-state index contributed by atoms with van der Waals surface area (Å²) in [7, 11) is 0. The number of aromatic nitrogens is 3. The minimum absolute atomic E-state index is 0.158. The number of nitrogens with two attached hydrogens (primary N) is 1. The van der Waals surface area contributed by atoms with Crippen LogP contribution in [0.5, 0.6) is 0 Å². The first-order chi connectivity index (χ1) is 13.2. The number of nitrogens with one attached hydrogen (secondary N) is 1. The van der Waals surface area contributed by atoms with Gasteiger partial charge in [0.2, 0.25) is 5.91 Å². The van der Waals surface area contributed by atoms with Gasteiger partial charge in [0.15, 0.2) is 6.23 Å². The fourth-order valence-electron chi connectivity index (χ4n) is 3.34. The number of amides is 1. The second-order valence-electron chi connectivity index (χ2n) is 7.42. The van der Waals surface area contributed by atoms with Crippen molar-refractivity contribution in [1.29, 1.82) is 5.26 Å². The molecule has 5 unspecified atom stereocenters. The molecule has 0 radical (unpaired) electrons. The zero-order valence-electron chi connectivity index (χ0n) is 15.9. The van der Waals surface area contributed by atoms with Gasteiger partial charge in [-0.15, -0.1) is 0 Å². The monoisotopic (exact) mass is 388 g/mol. The second kappa shape index (κ2) is 7.81. The normalized spacial score (nSPS) is 25.8. The summed E-state index contributed by atoms with van der Waals surface area (Å²) in [5, 5.41) is 32.8. The van der Waals surface area contributed by atoms with E-state index in [9.17, 15) is 20.3 Å². The summed E-state index contributed by atoms with van der Waals surface area (Å²) < 4.78 is 7.10. The van der Waals surface area contributed by atoms with Gasteiger partial charge in [0.1, 0.15) is 36.1 Å². The molecule has 0 spiro atoms. The van der Waals surface area contributed by atoms with Crippen LogP contribution in [0.1, 0.15) is 39.0 Å². The van der Waals surface area contributed by atoms with Crippen LogP contribution in [0.25, 0.3) is 11.0 Å². The third kappa shape index (κ3) is 3.57. The lowest BCUT2D eigenvalue weighted by atomic mass is 10.0. The predicted molar refractivity (Wildman–Crippen MR) is 99.9 cm³/mol.